The lowest BCUT2D eigenvalue weighted by molar-refractivity contribution is 0.0697. The number of aromatic nitrogens is 3. The van der Waals surface area contributed by atoms with E-state index in [0.29, 0.717) is 28.9 Å². The molecule has 7 nitrogen and oxygen atoms in total. The summed E-state index contributed by atoms with van der Waals surface area (Å²) in [6.45, 7) is 8.11. The molecule has 3 heterocycles. The fraction of sp³-hybridized carbons (Fsp3) is 0.625. The molecule has 24 heavy (non-hydrogen) atoms. The lowest BCUT2D eigenvalue weighted by atomic mass is 10.1. The van der Waals surface area contributed by atoms with Gasteiger partial charge in [0.2, 0.25) is 5.89 Å². The molecule has 2 aromatic heterocycles. The molecule has 0 saturated carbocycles. The predicted molar refractivity (Wildman–Crippen MR) is 88.8 cm³/mol. The van der Waals surface area contributed by atoms with Crippen molar-refractivity contribution in [3.63, 3.8) is 0 Å². The first kappa shape index (κ1) is 17.0. The van der Waals surface area contributed by atoms with E-state index < -0.39 is 6.10 Å². The molecule has 0 unspecified atom stereocenters. The Bertz CT molecular complexity index is 740. The average molecular weight is 350 g/mol. The second-order valence-corrected chi connectivity index (χ2v) is 7.85. The highest BCUT2D eigenvalue weighted by atomic mass is 32.1. The number of carbonyl (C=O) groups excluding carboxylic acids is 1. The number of amides is 1. The number of carbonyl (C=O) groups is 1. The Labute approximate surface area is 144 Å². The summed E-state index contributed by atoms with van der Waals surface area (Å²) < 4.78 is 5.23. The van der Waals surface area contributed by atoms with Crippen LogP contribution in [0.4, 0.5) is 0 Å². The Morgan fingerprint density at radius 2 is 2.17 bits per heavy atom. The molecule has 0 aliphatic carbocycles. The highest BCUT2D eigenvalue weighted by Gasteiger charge is 2.40. The molecule has 1 aliphatic heterocycles. The van der Waals surface area contributed by atoms with Crippen LogP contribution in [-0.2, 0) is 6.42 Å². The van der Waals surface area contributed by atoms with Crippen molar-refractivity contribution in [3.05, 3.63) is 27.3 Å². The molecule has 1 saturated heterocycles. The number of likely N-dealkylation sites (tertiary alicyclic amines) is 1. The van der Waals surface area contributed by atoms with Gasteiger partial charge in [-0.1, -0.05) is 19.0 Å². The summed E-state index contributed by atoms with van der Waals surface area (Å²) in [6.07, 6.45) is 0.574. The average Bonchev–Trinajstić information content (AvgIpc) is 3.17. The van der Waals surface area contributed by atoms with Crippen LogP contribution < -0.4 is 0 Å². The number of nitrogens with zero attached hydrogens (tertiary/aromatic N) is 4. The first-order valence-corrected chi connectivity index (χ1v) is 8.92. The van der Waals surface area contributed by atoms with Gasteiger partial charge < -0.3 is 14.5 Å². The summed E-state index contributed by atoms with van der Waals surface area (Å²) >= 11 is 1.40. The lowest BCUT2D eigenvalue weighted by Gasteiger charge is -2.21. The minimum atomic E-state index is -0.589. The van der Waals surface area contributed by atoms with Gasteiger partial charge in [0.1, 0.15) is 10.9 Å². The second-order valence-electron chi connectivity index (χ2n) is 6.65. The number of β-amino-alcohol motifs (C(OH)–C–C–N with tert-alkyl or cyclic N) is 1. The molecule has 0 aromatic carbocycles. The van der Waals surface area contributed by atoms with Crippen LogP contribution in [0.3, 0.4) is 0 Å². The normalized spacial score (nSPS) is 21.0. The van der Waals surface area contributed by atoms with E-state index in [4.69, 9.17) is 4.52 Å². The van der Waals surface area contributed by atoms with Crippen molar-refractivity contribution in [2.24, 2.45) is 5.92 Å². The van der Waals surface area contributed by atoms with Crippen molar-refractivity contribution >= 4 is 17.2 Å². The van der Waals surface area contributed by atoms with Gasteiger partial charge in [-0.05, 0) is 26.2 Å². The van der Waals surface area contributed by atoms with Crippen LogP contribution in [0.1, 0.15) is 58.4 Å². The second kappa shape index (κ2) is 6.60. The molecule has 3 rings (SSSR count). The fourth-order valence-electron chi connectivity index (χ4n) is 3.01. The van der Waals surface area contributed by atoms with Crippen molar-refractivity contribution in [2.45, 2.75) is 52.7 Å². The van der Waals surface area contributed by atoms with Crippen LogP contribution in [-0.4, -0.2) is 43.7 Å². The molecule has 2 atom stereocenters. The van der Waals surface area contributed by atoms with E-state index in [2.05, 4.69) is 29.0 Å². The predicted octanol–water partition coefficient (Wildman–Crippen LogP) is 2.29. The van der Waals surface area contributed by atoms with Crippen molar-refractivity contribution in [2.75, 3.05) is 6.54 Å². The highest BCUT2D eigenvalue weighted by Crippen LogP contribution is 2.34. The summed E-state index contributed by atoms with van der Waals surface area (Å²) in [5.41, 5.74) is 0.833. The zero-order chi connectivity index (χ0) is 17.4. The Morgan fingerprint density at radius 1 is 1.42 bits per heavy atom. The standard InChI is InChI=1S/C16H22N4O3S/c1-8(2)5-12-14(24-10(4)18-12)16(22)20-7-11(21)6-13(20)15-17-9(3)19-23-15/h8,11,13,21H,5-7H2,1-4H3/t11-,13-/m1/s1. The zero-order valence-corrected chi connectivity index (χ0v) is 15.1. The molecule has 1 fully saturated rings. The topological polar surface area (TPSA) is 92.4 Å². The minimum absolute atomic E-state index is 0.117. The Balaban J connectivity index is 1.90. The van der Waals surface area contributed by atoms with E-state index >= 15 is 0 Å². The largest absolute Gasteiger partial charge is 0.391 e. The molecule has 130 valence electrons. The maximum absolute atomic E-state index is 13.1. The quantitative estimate of drug-likeness (QED) is 0.909. The first-order chi connectivity index (χ1) is 11.3. The van der Waals surface area contributed by atoms with E-state index in [1.807, 2.05) is 6.92 Å². The fourth-order valence-corrected chi connectivity index (χ4v) is 3.92. The van der Waals surface area contributed by atoms with Crippen molar-refractivity contribution in [1.29, 1.82) is 0 Å². The number of aliphatic hydroxyl groups is 1. The maximum atomic E-state index is 13.1. The number of aryl methyl sites for hydroxylation is 2. The Kier molecular flexibility index (Phi) is 4.69. The molecule has 0 spiro atoms. The van der Waals surface area contributed by atoms with Crippen LogP contribution in [0.25, 0.3) is 0 Å². The van der Waals surface area contributed by atoms with Gasteiger partial charge in [-0.15, -0.1) is 11.3 Å². The van der Waals surface area contributed by atoms with E-state index in [0.717, 1.165) is 17.1 Å². The highest BCUT2D eigenvalue weighted by molar-refractivity contribution is 7.13. The number of rotatable bonds is 4. The Morgan fingerprint density at radius 3 is 2.79 bits per heavy atom. The Hall–Kier alpha value is -1.80. The monoisotopic (exact) mass is 350 g/mol. The van der Waals surface area contributed by atoms with Crippen LogP contribution in [0.5, 0.6) is 0 Å². The first-order valence-electron chi connectivity index (χ1n) is 8.10. The zero-order valence-electron chi connectivity index (χ0n) is 14.3. The molecular formula is C16H22N4O3S. The molecule has 1 amide bonds. The van der Waals surface area contributed by atoms with E-state index in [1.54, 1.807) is 11.8 Å². The van der Waals surface area contributed by atoms with E-state index in [-0.39, 0.29) is 18.5 Å². The van der Waals surface area contributed by atoms with Crippen molar-refractivity contribution < 1.29 is 14.4 Å². The van der Waals surface area contributed by atoms with Gasteiger partial charge in [0, 0.05) is 13.0 Å². The van der Waals surface area contributed by atoms with Crippen LogP contribution in [0.2, 0.25) is 0 Å². The number of thiazole rings is 1. The van der Waals surface area contributed by atoms with E-state index in [1.165, 1.54) is 11.3 Å². The van der Waals surface area contributed by atoms with Gasteiger partial charge in [0.15, 0.2) is 5.82 Å². The smallest absolute Gasteiger partial charge is 0.266 e. The van der Waals surface area contributed by atoms with Crippen molar-refractivity contribution in [3.8, 4) is 0 Å². The maximum Gasteiger partial charge on any atom is 0.266 e. The van der Waals surface area contributed by atoms with Crippen LogP contribution in [0.15, 0.2) is 4.52 Å². The lowest BCUT2D eigenvalue weighted by Crippen LogP contribution is -2.32. The number of hydrogen-bond acceptors (Lipinski definition) is 7. The molecule has 1 N–H and O–H groups in total. The van der Waals surface area contributed by atoms with Gasteiger partial charge >= 0.3 is 0 Å². The van der Waals surface area contributed by atoms with Gasteiger partial charge in [0.25, 0.3) is 5.91 Å². The molecular weight excluding hydrogens is 328 g/mol. The van der Waals surface area contributed by atoms with Gasteiger partial charge in [0.05, 0.1) is 16.8 Å². The summed E-state index contributed by atoms with van der Waals surface area (Å²) in [5.74, 6) is 1.20. The van der Waals surface area contributed by atoms with Gasteiger partial charge in [-0.25, -0.2) is 4.98 Å². The van der Waals surface area contributed by atoms with Crippen molar-refractivity contribution in [1.82, 2.24) is 20.0 Å². The molecule has 1 aliphatic rings. The van der Waals surface area contributed by atoms with E-state index in [9.17, 15) is 9.90 Å². The minimum Gasteiger partial charge on any atom is -0.391 e. The SMILES string of the molecule is Cc1noc([C@H]2C[C@@H](O)CN2C(=O)c2sc(C)nc2CC(C)C)n1. The third kappa shape index (κ3) is 3.34. The summed E-state index contributed by atoms with van der Waals surface area (Å²) in [4.78, 5) is 24.1. The molecule has 0 bridgehead atoms. The number of aliphatic hydroxyl groups excluding tert-OH is 1. The number of hydrogen-bond donors (Lipinski definition) is 1. The van der Waals surface area contributed by atoms with Gasteiger partial charge in [-0.3, -0.25) is 4.79 Å². The summed E-state index contributed by atoms with van der Waals surface area (Å²) in [7, 11) is 0. The molecule has 0 radical (unpaired) electrons. The summed E-state index contributed by atoms with van der Waals surface area (Å²) in [5, 5.41) is 14.7. The van der Waals surface area contributed by atoms with Gasteiger partial charge in [-0.2, -0.15) is 4.98 Å². The summed E-state index contributed by atoms with van der Waals surface area (Å²) in [6, 6.07) is -0.386. The third-order valence-electron chi connectivity index (χ3n) is 3.97. The van der Waals surface area contributed by atoms with Crippen LogP contribution in [0, 0.1) is 19.8 Å². The third-order valence-corrected chi connectivity index (χ3v) is 4.97. The molecule has 8 heteroatoms. The molecule has 2 aromatic rings. The van der Waals surface area contributed by atoms with Crippen LogP contribution >= 0.6 is 11.3 Å².